The van der Waals surface area contributed by atoms with Crippen LogP contribution in [0.15, 0.2) is 65.7 Å². The van der Waals surface area contributed by atoms with Crippen molar-refractivity contribution in [3.05, 3.63) is 87.7 Å². The lowest BCUT2D eigenvalue weighted by atomic mass is 10.1. The van der Waals surface area contributed by atoms with Gasteiger partial charge in [0.1, 0.15) is 23.9 Å². The smallest absolute Gasteiger partial charge is 0.264 e. The van der Waals surface area contributed by atoms with Crippen LogP contribution in [0.4, 0.5) is 5.82 Å². The van der Waals surface area contributed by atoms with E-state index < -0.39 is 0 Å². The molecule has 2 aromatic carbocycles. The molecule has 5 aromatic rings. The molecule has 1 atom stereocenters. The van der Waals surface area contributed by atoms with E-state index in [0.717, 1.165) is 11.1 Å². The topological polar surface area (TPSA) is 112 Å². The zero-order valence-electron chi connectivity index (χ0n) is 16.9. The molecule has 9 heteroatoms. The standard InChI is InChI=1S/C23H16ClN7O/c1-13(28-21-20-17(11-25)29-30-22(20)27-12-26-21)18-10-14-6-5-9-16(24)19(14)23(32)31(18)15-7-3-2-4-8-15/h2-10,12-13H,1H3,(H2,26,27,28,29,30)/t13-/m0/s1. The van der Waals surface area contributed by atoms with E-state index >= 15 is 0 Å². The largest absolute Gasteiger partial charge is 0.361 e. The Morgan fingerprint density at radius 2 is 1.94 bits per heavy atom. The van der Waals surface area contributed by atoms with E-state index in [-0.39, 0.29) is 17.3 Å². The fraction of sp³-hybridized carbons (Fsp3) is 0.0870. The fourth-order valence-corrected chi connectivity index (χ4v) is 4.09. The maximum Gasteiger partial charge on any atom is 0.264 e. The molecule has 0 aliphatic rings. The first-order valence-corrected chi connectivity index (χ1v) is 10.2. The molecule has 5 rings (SSSR count). The summed E-state index contributed by atoms with van der Waals surface area (Å²) in [6, 6.07) is 18.4. The summed E-state index contributed by atoms with van der Waals surface area (Å²) in [6.07, 6.45) is 1.38. The van der Waals surface area contributed by atoms with Gasteiger partial charge in [0, 0.05) is 11.4 Å². The van der Waals surface area contributed by atoms with Gasteiger partial charge in [0.25, 0.3) is 5.56 Å². The van der Waals surface area contributed by atoms with Crippen molar-refractivity contribution in [3.63, 3.8) is 0 Å². The quantitative estimate of drug-likeness (QED) is 0.428. The average Bonchev–Trinajstić information content (AvgIpc) is 3.24. The van der Waals surface area contributed by atoms with Crippen molar-refractivity contribution < 1.29 is 0 Å². The van der Waals surface area contributed by atoms with Gasteiger partial charge in [0.15, 0.2) is 5.65 Å². The molecule has 32 heavy (non-hydrogen) atoms. The number of halogens is 1. The third kappa shape index (κ3) is 3.16. The van der Waals surface area contributed by atoms with Gasteiger partial charge in [0.05, 0.1) is 21.8 Å². The highest BCUT2D eigenvalue weighted by atomic mass is 35.5. The second-order valence-corrected chi connectivity index (χ2v) is 7.65. The van der Waals surface area contributed by atoms with Gasteiger partial charge >= 0.3 is 0 Å². The Balaban J connectivity index is 1.71. The third-order valence-corrected chi connectivity index (χ3v) is 5.61. The lowest BCUT2D eigenvalue weighted by Gasteiger charge is -2.21. The molecule has 0 saturated carbocycles. The van der Waals surface area contributed by atoms with Gasteiger partial charge in [0.2, 0.25) is 0 Å². The second kappa shape index (κ2) is 7.80. The Bertz CT molecular complexity index is 1570. The summed E-state index contributed by atoms with van der Waals surface area (Å²) >= 11 is 6.38. The molecule has 0 saturated heterocycles. The summed E-state index contributed by atoms with van der Waals surface area (Å²) in [7, 11) is 0. The molecule has 3 heterocycles. The number of aromatic nitrogens is 5. The number of nitriles is 1. The summed E-state index contributed by atoms with van der Waals surface area (Å²) in [5.74, 6) is 0.450. The number of nitrogens with zero attached hydrogens (tertiary/aromatic N) is 5. The van der Waals surface area contributed by atoms with Gasteiger partial charge < -0.3 is 5.32 Å². The number of aromatic amines is 1. The second-order valence-electron chi connectivity index (χ2n) is 7.25. The summed E-state index contributed by atoms with van der Waals surface area (Å²) in [5, 5.41) is 21.6. The molecule has 0 unspecified atom stereocenters. The first kappa shape index (κ1) is 19.7. The van der Waals surface area contributed by atoms with Gasteiger partial charge in [-0.1, -0.05) is 41.9 Å². The van der Waals surface area contributed by atoms with Gasteiger partial charge in [-0.25, -0.2) is 9.97 Å². The SMILES string of the molecule is C[C@H](Nc1ncnc2n[nH]c(C#N)c12)c1cc2cccc(Cl)c2c(=O)n1-c1ccccc1. The number of para-hydroxylation sites is 1. The Kier molecular flexibility index (Phi) is 4.81. The monoisotopic (exact) mass is 441 g/mol. The maximum absolute atomic E-state index is 13.6. The maximum atomic E-state index is 13.6. The van der Waals surface area contributed by atoms with E-state index in [4.69, 9.17) is 11.6 Å². The Hall–Kier alpha value is -4.22. The van der Waals surface area contributed by atoms with Crippen LogP contribution in [0, 0.1) is 11.3 Å². The highest BCUT2D eigenvalue weighted by Crippen LogP contribution is 2.29. The number of anilines is 1. The van der Waals surface area contributed by atoms with Crippen LogP contribution in [0.3, 0.4) is 0 Å². The van der Waals surface area contributed by atoms with Crippen molar-refractivity contribution in [2.75, 3.05) is 5.32 Å². The van der Waals surface area contributed by atoms with Crippen molar-refractivity contribution >= 4 is 39.2 Å². The molecule has 0 radical (unpaired) electrons. The van der Waals surface area contributed by atoms with Crippen LogP contribution in [-0.4, -0.2) is 24.7 Å². The predicted octanol–water partition coefficient (Wildman–Crippen LogP) is 4.36. The third-order valence-electron chi connectivity index (χ3n) is 5.30. The van der Waals surface area contributed by atoms with Crippen molar-refractivity contribution in [1.82, 2.24) is 24.7 Å². The number of H-pyrrole nitrogens is 1. The van der Waals surface area contributed by atoms with E-state index in [1.165, 1.54) is 6.33 Å². The van der Waals surface area contributed by atoms with Gasteiger partial charge in [-0.2, -0.15) is 10.4 Å². The van der Waals surface area contributed by atoms with Crippen LogP contribution in [0.5, 0.6) is 0 Å². The summed E-state index contributed by atoms with van der Waals surface area (Å²) in [4.78, 5) is 22.0. The minimum Gasteiger partial charge on any atom is -0.361 e. The molecular weight excluding hydrogens is 426 g/mol. The Labute approximate surface area is 187 Å². The normalized spacial score (nSPS) is 12.0. The van der Waals surface area contributed by atoms with E-state index in [1.54, 1.807) is 10.6 Å². The predicted molar refractivity (Wildman–Crippen MR) is 123 cm³/mol. The van der Waals surface area contributed by atoms with E-state index in [2.05, 4.69) is 31.6 Å². The first-order chi connectivity index (χ1) is 15.6. The molecule has 3 aromatic heterocycles. The number of benzene rings is 2. The molecular formula is C23H16ClN7O. The Morgan fingerprint density at radius 1 is 1.12 bits per heavy atom. The molecule has 0 fully saturated rings. The Morgan fingerprint density at radius 3 is 2.72 bits per heavy atom. The van der Waals surface area contributed by atoms with Crippen molar-refractivity contribution in [2.24, 2.45) is 0 Å². The van der Waals surface area contributed by atoms with E-state index in [9.17, 15) is 10.1 Å². The van der Waals surface area contributed by atoms with Crippen molar-refractivity contribution in [2.45, 2.75) is 13.0 Å². The van der Waals surface area contributed by atoms with Crippen LogP contribution >= 0.6 is 11.6 Å². The lowest BCUT2D eigenvalue weighted by Crippen LogP contribution is -2.25. The minimum absolute atomic E-state index is 0.211. The zero-order valence-corrected chi connectivity index (χ0v) is 17.6. The fourth-order valence-electron chi connectivity index (χ4n) is 3.83. The molecule has 0 spiro atoms. The van der Waals surface area contributed by atoms with Crippen molar-refractivity contribution in [1.29, 1.82) is 5.26 Å². The van der Waals surface area contributed by atoms with Crippen LogP contribution in [0.2, 0.25) is 5.02 Å². The molecule has 156 valence electrons. The number of pyridine rings is 1. The molecule has 0 aliphatic carbocycles. The molecule has 0 amide bonds. The number of rotatable bonds is 4. The van der Waals surface area contributed by atoms with Gasteiger partial charge in [-0.3, -0.25) is 14.5 Å². The number of hydrogen-bond acceptors (Lipinski definition) is 6. The van der Waals surface area contributed by atoms with E-state index in [1.807, 2.05) is 55.5 Å². The zero-order chi connectivity index (χ0) is 22.2. The number of fused-ring (bicyclic) bond motifs is 2. The van der Waals surface area contributed by atoms with Gasteiger partial charge in [-0.05, 0) is 36.6 Å². The summed E-state index contributed by atoms with van der Waals surface area (Å²) < 4.78 is 1.64. The van der Waals surface area contributed by atoms with Crippen LogP contribution < -0.4 is 10.9 Å². The van der Waals surface area contributed by atoms with Crippen LogP contribution in [-0.2, 0) is 0 Å². The summed E-state index contributed by atoms with van der Waals surface area (Å²) in [6.45, 7) is 1.92. The number of hydrogen-bond donors (Lipinski definition) is 2. The average molecular weight is 442 g/mol. The number of nitrogens with one attached hydrogen (secondary N) is 2. The highest BCUT2D eigenvalue weighted by molar-refractivity contribution is 6.35. The van der Waals surface area contributed by atoms with Crippen LogP contribution in [0.25, 0.3) is 27.5 Å². The molecule has 8 nitrogen and oxygen atoms in total. The van der Waals surface area contributed by atoms with E-state index in [0.29, 0.717) is 33.0 Å². The molecule has 0 bridgehead atoms. The first-order valence-electron chi connectivity index (χ1n) is 9.84. The van der Waals surface area contributed by atoms with Gasteiger partial charge in [-0.15, -0.1) is 0 Å². The molecule has 0 aliphatic heterocycles. The summed E-state index contributed by atoms with van der Waals surface area (Å²) in [5.41, 5.74) is 1.87. The lowest BCUT2D eigenvalue weighted by molar-refractivity contribution is 0.774. The molecule has 2 N–H and O–H groups in total. The minimum atomic E-state index is -0.356. The highest BCUT2D eigenvalue weighted by Gasteiger charge is 2.20. The van der Waals surface area contributed by atoms with Crippen molar-refractivity contribution in [3.8, 4) is 11.8 Å². The van der Waals surface area contributed by atoms with Crippen LogP contribution in [0.1, 0.15) is 24.4 Å².